The number of nitrogens with two attached hydrogens (primary N) is 1. The van der Waals surface area contributed by atoms with E-state index in [1.807, 2.05) is 12.1 Å². The molecule has 1 aliphatic heterocycles. The van der Waals surface area contributed by atoms with Gasteiger partial charge in [-0.05, 0) is 17.7 Å². The van der Waals surface area contributed by atoms with Gasteiger partial charge < -0.3 is 24.7 Å². The second-order valence-electron chi connectivity index (χ2n) is 7.86. The molecule has 180 valence electrons. The second kappa shape index (κ2) is 9.51. The highest BCUT2D eigenvalue weighted by Crippen LogP contribution is 2.33. The summed E-state index contributed by atoms with van der Waals surface area (Å²) in [7, 11) is 1.57. The molecule has 0 saturated carbocycles. The number of fused-ring (bicyclic) bond motifs is 1. The smallest absolute Gasteiger partial charge is 0.332 e. The number of esters is 2. The number of anilines is 1. The Bertz CT molecular complexity index is 1270. The van der Waals surface area contributed by atoms with E-state index in [0.717, 1.165) is 5.56 Å². The van der Waals surface area contributed by atoms with E-state index in [-0.39, 0.29) is 31.2 Å². The molecule has 0 aliphatic carbocycles. The van der Waals surface area contributed by atoms with Crippen LogP contribution in [0, 0.1) is 0 Å². The molecule has 1 aromatic carbocycles. The van der Waals surface area contributed by atoms with E-state index in [1.165, 1.54) is 29.2 Å². The first-order valence-electron chi connectivity index (χ1n) is 10.6. The Balaban J connectivity index is 1.76. The quantitative estimate of drug-likeness (QED) is 0.495. The Kier molecular flexibility index (Phi) is 6.50. The van der Waals surface area contributed by atoms with Crippen LogP contribution < -0.4 is 16.2 Å². The molecule has 12 nitrogen and oxygen atoms in total. The van der Waals surface area contributed by atoms with Crippen molar-refractivity contribution in [3.8, 4) is 5.75 Å². The summed E-state index contributed by atoms with van der Waals surface area (Å²) in [5.41, 5.74) is 6.89. The van der Waals surface area contributed by atoms with Crippen molar-refractivity contribution in [3.63, 3.8) is 0 Å². The van der Waals surface area contributed by atoms with Crippen molar-refractivity contribution in [1.29, 1.82) is 0 Å². The molecular formula is C22H25N5O7. The molecule has 1 aliphatic rings. The monoisotopic (exact) mass is 471 g/mol. The minimum atomic E-state index is -0.995. The first kappa shape index (κ1) is 23.2. The molecule has 3 heterocycles. The van der Waals surface area contributed by atoms with Gasteiger partial charge in [0.15, 0.2) is 11.9 Å². The number of hydrogen-bond acceptors (Lipinski definition) is 10. The van der Waals surface area contributed by atoms with Crippen LogP contribution in [-0.4, -0.2) is 57.0 Å². The molecule has 0 unspecified atom stereocenters. The molecule has 34 heavy (non-hydrogen) atoms. The van der Waals surface area contributed by atoms with Gasteiger partial charge in [-0.3, -0.25) is 14.2 Å². The summed E-state index contributed by atoms with van der Waals surface area (Å²) in [4.78, 5) is 44.9. The maximum atomic E-state index is 13.6. The van der Waals surface area contributed by atoms with Crippen LogP contribution in [0.5, 0.6) is 5.75 Å². The topological polar surface area (TPSA) is 150 Å². The van der Waals surface area contributed by atoms with Gasteiger partial charge in [0.1, 0.15) is 24.0 Å². The minimum absolute atomic E-state index is 0.0265. The van der Waals surface area contributed by atoms with E-state index in [9.17, 15) is 14.4 Å². The van der Waals surface area contributed by atoms with Gasteiger partial charge >= 0.3 is 17.6 Å². The Morgan fingerprint density at radius 1 is 1.21 bits per heavy atom. The predicted octanol–water partition coefficient (Wildman–Crippen LogP) is 1.01. The molecule has 3 aromatic rings. The second-order valence-corrected chi connectivity index (χ2v) is 7.86. The number of rotatable bonds is 7. The Morgan fingerprint density at radius 2 is 1.94 bits per heavy atom. The van der Waals surface area contributed by atoms with E-state index >= 15 is 0 Å². The van der Waals surface area contributed by atoms with Gasteiger partial charge in [-0.1, -0.05) is 12.1 Å². The maximum Gasteiger partial charge on any atom is 0.332 e. The highest BCUT2D eigenvalue weighted by molar-refractivity contribution is 5.72. The van der Waals surface area contributed by atoms with Crippen LogP contribution in [0.3, 0.4) is 0 Å². The number of benzene rings is 1. The number of ether oxygens (including phenoxy) is 4. The summed E-state index contributed by atoms with van der Waals surface area (Å²) in [6.45, 7) is 2.74. The summed E-state index contributed by atoms with van der Waals surface area (Å²) in [6, 6.07) is 7.28. The highest BCUT2D eigenvalue weighted by Gasteiger charge is 2.41. The van der Waals surface area contributed by atoms with E-state index in [4.69, 9.17) is 24.7 Å². The van der Waals surface area contributed by atoms with Gasteiger partial charge in [-0.2, -0.15) is 4.98 Å². The summed E-state index contributed by atoms with van der Waals surface area (Å²) in [5.74, 6) is -0.334. The lowest BCUT2D eigenvalue weighted by Gasteiger charge is -2.19. The molecule has 0 spiro atoms. The molecule has 0 bridgehead atoms. The van der Waals surface area contributed by atoms with Crippen molar-refractivity contribution >= 4 is 29.1 Å². The Hall–Kier alpha value is -3.93. The Labute approximate surface area is 194 Å². The zero-order valence-electron chi connectivity index (χ0n) is 19.0. The highest BCUT2D eigenvalue weighted by atomic mass is 16.6. The van der Waals surface area contributed by atoms with Crippen molar-refractivity contribution in [2.45, 2.75) is 45.2 Å². The van der Waals surface area contributed by atoms with Crippen LogP contribution in [0.1, 0.15) is 32.1 Å². The number of nitrogen functional groups attached to an aromatic ring is 1. The first-order valence-corrected chi connectivity index (χ1v) is 10.6. The molecule has 0 amide bonds. The molecule has 2 N–H and O–H groups in total. The van der Waals surface area contributed by atoms with E-state index in [2.05, 4.69) is 9.97 Å². The average molecular weight is 471 g/mol. The van der Waals surface area contributed by atoms with Crippen molar-refractivity contribution in [1.82, 2.24) is 19.1 Å². The third-order valence-corrected chi connectivity index (χ3v) is 5.41. The summed E-state index contributed by atoms with van der Waals surface area (Å²) in [6.07, 6.45) is -0.678. The standard InChI is InChI=1S/C22H25N5O7/c1-12(28)32-11-16-8-18(33-13(2)29)20(34-16)27-19-17(9-24-21(23)25-19)26(22(27)30)10-14-4-6-15(31-3)7-5-14/h4-7,9,16,18,20H,8,10-11H2,1-3H3,(H2,23,24,25)/t16-,18+,20+/m0/s1. The largest absolute Gasteiger partial charge is 0.497 e. The summed E-state index contributed by atoms with van der Waals surface area (Å²) >= 11 is 0. The minimum Gasteiger partial charge on any atom is -0.497 e. The molecular weight excluding hydrogens is 446 g/mol. The third kappa shape index (κ3) is 4.71. The molecule has 2 aromatic heterocycles. The van der Waals surface area contributed by atoms with Gasteiger partial charge in [0.25, 0.3) is 0 Å². The summed E-state index contributed by atoms with van der Waals surface area (Å²) < 4.78 is 24.5. The Morgan fingerprint density at radius 3 is 2.59 bits per heavy atom. The lowest BCUT2D eigenvalue weighted by atomic mass is 10.2. The normalized spacial score (nSPS) is 19.8. The molecule has 4 rings (SSSR count). The lowest BCUT2D eigenvalue weighted by Crippen LogP contribution is -2.34. The van der Waals surface area contributed by atoms with Gasteiger partial charge in [0, 0.05) is 20.3 Å². The van der Waals surface area contributed by atoms with Crippen molar-refractivity contribution in [2.75, 3.05) is 19.5 Å². The zero-order valence-corrected chi connectivity index (χ0v) is 19.0. The fourth-order valence-electron chi connectivity index (χ4n) is 3.95. The number of methoxy groups -OCH3 is 1. The number of nitrogens with zero attached hydrogens (tertiary/aromatic N) is 4. The van der Waals surface area contributed by atoms with Crippen molar-refractivity contribution in [3.05, 3.63) is 46.5 Å². The van der Waals surface area contributed by atoms with E-state index < -0.39 is 36.1 Å². The van der Waals surface area contributed by atoms with Gasteiger partial charge in [-0.25, -0.2) is 14.3 Å². The van der Waals surface area contributed by atoms with Gasteiger partial charge in [0.05, 0.1) is 26.0 Å². The van der Waals surface area contributed by atoms with Crippen LogP contribution in [-0.2, 0) is 30.3 Å². The van der Waals surface area contributed by atoms with Crippen LogP contribution in [0.25, 0.3) is 11.2 Å². The average Bonchev–Trinajstić information content (AvgIpc) is 3.29. The molecule has 12 heteroatoms. The molecule has 0 radical (unpaired) electrons. The van der Waals surface area contributed by atoms with Crippen LogP contribution >= 0.6 is 0 Å². The van der Waals surface area contributed by atoms with Crippen LogP contribution in [0.2, 0.25) is 0 Å². The third-order valence-electron chi connectivity index (χ3n) is 5.41. The predicted molar refractivity (Wildman–Crippen MR) is 119 cm³/mol. The fraction of sp³-hybridized carbons (Fsp3) is 0.409. The number of carbonyl (C=O) groups excluding carboxylic acids is 2. The molecule has 1 fully saturated rings. The lowest BCUT2D eigenvalue weighted by molar-refractivity contribution is -0.153. The van der Waals surface area contributed by atoms with Crippen molar-refractivity contribution < 1.29 is 28.5 Å². The maximum absolute atomic E-state index is 13.6. The number of hydrogen-bond donors (Lipinski definition) is 1. The van der Waals surface area contributed by atoms with E-state index in [1.54, 1.807) is 19.2 Å². The first-order chi connectivity index (χ1) is 16.3. The zero-order chi connectivity index (χ0) is 24.4. The SMILES string of the molecule is COc1ccc(Cn2c(=O)n([C@@H]3O[C@H](COC(C)=O)C[C@H]3OC(C)=O)c3nc(N)ncc32)cc1. The van der Waals surface area contributed by atoms with Crippen LogP contribution in [0.4, 0.5) is 5.95 Å². The number of aromatic nitrogens is 4. The van der Waals surface area contributed by atoms with Crippen molar-refractivity contribution in [2.24, 2.45) is 0 Å². The summed E-state index contributed by atoms with van der Waals surface area (Å²) in [5, 5.41) is 0. The number of imidazole rings is 1. The fourth-order valence-corrected chi connectivity index (χ4v) is 3.95. The van der Waals surface area contributed by atoms with Gasteiger partial charge in [0.2, 0.25) is 5.95 Å². The van der Waals surface area contributed by atoms with Crippen LogP contribution in [0.15, 0.2) is 35.3 Å². The molecule has 1 saturated heterocycles. The van der Waals surface area contributed by atoms with E-state index in [0.29, 0.717) is 11.3 Å². The van der Waals surface area contributed by atoms with Gasteiger partial charge in [-0.15, -0.1) is 0 Å². The number of carbonyl (C=O) groups is 2. The molecule has 3 atom stereocenters.